The Bertz CT molecular complexity index is 228. The van der Waals surface area contributed by atoms with Crippen LogP contribution in [0.15, 0.2) is 0 Å². The molecule has 1 aliphatic heterocycles. The van der Waals surface area contributed by atoms with Gasteiger partial charge in [0.15, 0.2) is 0 Å². The van der Waals surface area contributed by atoms with Gasteiger partial charge in [0.2, 0.25) is 0 Å². The Balaban J connectivity index is 2.33. The summed E-state index contributed by atoms with van der Waals surface area (Å²) in [7, 11) is 2.10. The zero-order chi connectivity index (χ0) is 12.2. The molecule has 1 amide bonds. The summed E-state index contributed by atoms with van der Waals surface area (Å²) in [6, 6.07) is 0. The molecule has 4 heteroatoms. The van der Waals surface area contributed by atoms with Gasteiger partial charge in [0.1, 0.15) is 5.60 Å². The van der Waals surface area contributed by atoms with Crippen molar-refractivity contribution in [2.45, 2.75) is 39.2 Å². The molecule has 0 aromatic rings. The number of nitrogens with zero attached hydrogens (tertiary/aromatic N) is 1. The summed E-state index contributed by atoms with van der Waals surface area (Å²) in [6.07, 6.45) is 2.04. The molecule has 0 aromatic carbocycles. The zero-order valence-electron chi connectivity index (χ0n) is 11.0. The lowest BCUT2D eigenvalue weighted by molar-refractivity contribution is -0.633. The van der Waals surface area contributed by atoms with Crippen molar-refractivity contribution in [3.8, 4) is 0 Å². The van der Waals surface area contributed by atoms with Crippen LogP contribution in [0.3, 0.4) is 0 Å². The average Bonchev–Trinajstić information content (AvgIpc) is 2.16. The van der Waals surface area contributed by atoms with Crippen molar-refractivity contribution in [3.63, 3.8) is 0 Å². The van der Waals surface area contributed by atoms with Gasteiger partial charge >= 0.3 is 6.09 Å². The summed E-state index contributed by atoms with van der Waals surface area (Å²) in [6.45, 7) is 8.57. The van der Waals surface area contributed by atoms with Crippen molar-refractivity contribution in [2.75, 3.05) is 26.7 Å². The van der Waals surface area contributed by atoms with Crippen molar-refractivity contribution in [2.24, 2.45) is 5.92 Å². The molecule has 1 fully saturated rings. The standard InChI is InChI=1S/C12H24N2O2/c1-12(2,3)16-11(15)14-7-5-10(6-8-14)9-13-4/h10,13H,5-9H2,1-4H3/p+1. The predicted octanol–water partition coefficient (Wildman–Crippen LogP) is 0.827. The number of carbonyl (C=O) groups excluding carboxylic acids is 1. The molecule has 4 nitrogen and oxygen atoms in total. The molecule has 0 saturated carbocycles. The third-order valence-corrected chi connectivity index (χ3v) is 2.84. The van der Waals surface area contributed by atoms with Crippen LogP contribution in [0.1, 0.15) is 33.6 Å². The Morgan fingerprint density at radius 3 is 2.38 bits per heavy atom. The smallest absolute Gasteiger partial charge is 0.410 e. The van der Waals surface area contributed by atoms with Crippen LogP contribution in [0.4, 0.5) is 4.79 Å². The van der Waals surface area contributed by atoms with Crippen molar-refractivity contribution >= 4 is 6.09 Å². The number of nitrogens with two attached hydrogens (primary N) is 1. The molecule has 0 bridgehead atoms. The molecular weight excluding hydrogens is 204 g/mol. The number of rotatable bonds is 2. The molecule has 0 spiro atoms. The highest BCUT2D eigenvalue weighted by Crippen LogP contribution is 2.18. The highest BCUT2D eigenvalue weighted by molar-refractivity contribution is 5.68. The number of quaternary nitrogens is 1. The fraction of sp³-hybridized carbons (Fsp3) is 0.917. The quantitative estimate of drug-likeness (QED) is 0.762. The molecule has 0 aromatic heterocycles. The Hall–Kier alpha value is -0.770. The lowest BCUT2D eigenvalue weighted by Crippen LogP contribution is -2.81. The molecule has 0 aliphatic carbocycles. The van der Waals surface area contributed by atoms with Gasteiger partial charge in [0.05, 0.1) is 13.6 Å². The van der Waals surface area contributed by atoms with Gasteiger partial charge in [0, 0.05) is 19.0 Å². The zero-order valence-corrected chi connectivity index (χ0v) is 11.0. The molecule has 2 N–H and O–H groups in total. The maximum Gasteiger partial charge on any atom is 0.410 e. The summed E-state index contributed by atoms with van der Waals surface area (Å²) in [5, 5.41) is 2.22. The highest BCUT2D eigenvalue weighted by atomic mass is 16.6. The van der Waals surface area contributed by atoms with Gasteiger partial charge in [-0.3, -0.25) is 0 Å². The van der Waals surface area contributed by atoms with Gasteiger partial charge in [-0.1, -0.05) is 0 Å². The van der Waals surface area contributed by atoms with Gasteiger partial charge < -0.3 is 15.0 Å². The molecule has 94 valence electrons. The van der Waals surface area contributed by atoms with E-state index in [-0.39, 0.29) is 11.7 Å². The fourth-order valence-electron chi connectivity index (χ4n) is 2.01. The van der Waals surface area contributed by atoms with Crippen molar-refractivity contribution in [3.05, 3.63) is 0 Å². The van der Waals surface area contributed by atoms with E-state index in [1.165, 1.54) is 6.54 Å². The van der Waals surface area contributed by atoms with Crippen LogP contribution in [0.2, 0.25) is 0 Å². The Morgan fingerprint density at radius 1 is 1.38 bits per heavy atom. The second-order valence-corrected chi connectivity index (χ2v) is 5.55. The molecule has 0 unspecified atom stereocenters. The summed E-state index contributed by atoms with van der Waals surface area (Å²) in [5.74, 6) is 0.753. The number of amides is 1. The molecule has 0 atom stereocenters. The number of carbonyl (C=O) groups is 1. The SMILES string of the molecule is C[NH2+]CC1CCN(C(=O)OC(C)(C)C)CC1. The lowest BCUT2D eigenvalue weighted by Gasteiger charge is -2.32. The van der Waals surface area contributed by atoms with E-state index >= 15 is 0 Å². The van der Waals surface area contributed by atoms with E-state index in [4.69, 9.17) is 4.74 Å². The van der Waals surface area contributed by atoms with Crippen LogP contribution in [0, 0.1) is 5.92 Å². The Labute approximate surface area is 98.3 Å². The molecule has 1 heterocycles. The minimum absolute atomic E-state index is 0.161. The molecule has 1 rings (SSSR count). The number of ether oxygens (including phenoxy) is 1. The monoisotopic (exact) mass is 229 g/mol. The van der Waals surface area contributed by atoms with E-state index in [9.17, 15) is 4.79 Å². The van der Waals surface area contributed by atoms with Crippen LogP contribution in [-0.2, 0) is 4.74 Å². The third-order valence-electron chi connectivity index (χ3n) is 2.84. The first kappa shape index (κ1) is 13.3. The van der Waals surface area contributed by atoms with E-state index in [2.05, 4.69) is 12.4 Å². The van der Waals surface area contributed by atoms with Crippen LogP contribution < -0.4 is 5.32 Å². The van der Waals surface area contributed by atoms with E-state index in [1.807, 2.05) is 25.7 Å². The van der Waals surface area contributed by atoms with Gasteiger partial charge in [-0.15, -0.1) is 0 Å². The minimum Gasteiger partial charge on any atom is -0.444 e. The second kappa shape index (κ2) is 5.53. The van der Waals surface area contributed by atoms with Gasteiger partial charge in [-0.05, 0) is 33.6 Å². The van der Waals surface area contributed by atoms with Crippen LogP contribution in [-0.4, -0.2) is 43.3 Å². The van der Waals surface area contributed by atoms with Gasteiger partial charge in [-0.25, -0.2) is 4.79 Å². The summed E-state index contributed by atoms with van der Waals surface area (Å²) >= 11 is 0. The van der Waals surface area contributed by atoms with Crippen molar-refractivity contribution in [1.29, 1.82) is 0 Å². The van der Waals surface area contributed by atoms with E-state index in [0.29, 0.717) is 0 Å². The third kappa shape index (κ3) is 4.39. The maximum atomic E-state index is 11.8. The van der Waals surface area contributed by atoms with Crippen LogP contribution in [0.5, 0.6) is 0 Å². The number of piperidine rings is 1. The molecule has 1 saturated heterocycles. The number of likely N-dealkylation sites (tertiary alicyclic amines) is 1. The summed E-state index contributed by atoms with van der Waals surface area (Å²) < 4.78 is 5.35. The molecule has 16 heavy (non-hydrogen) atoms. The molecule has 1 aliphatic rings. The predicted molar refractivity (Wildman–Crippen MR) is 63.2 cm³/mol. The number of hydrogen-bond acceptors (Lipinski definition) is 2. The fourth-order valence-corrected chi connectivity index (χ4v) is 2.01. The normalized spacial score (nSPS) is 18.6. The Morgan fingerprint density at radius 2 is 1.94 bits per heavy atom. The second-order valence-electron chi connectivity index (χ2n) is 5.55. The van der Waals surface area contributed by atoms with E-state index < -0.39 is 0 Å². The molecular formula is C12H25N2O2+. The van der Waals surface area contributed by atoms with Gasteiger partial charge in [0.25, 0.3) is 0 Å². The van der Waals surface area contributed by atoms with Gasteiger partial charge in [-0.2, -0.15) is 0 Å². The average molecular weight is 229 g/mol. The Kier molecular flexibility index (Phi) is 4.59. The topological polar surface area (TPSA) is 46.2 Å². The first-order chi connectivity index (χ1) is 7.42. The summed E-state index contributed by atoms with van der Waals surface area (Å²) in [5.41, 5.74) is -0.384. The first-order valence-corrected chi connectivity index (χ1v) is 6.18. The van der Waals surface area contributed by atoms with Crippen LogP contribution in [0.25, 0.3) is 0 Å². The van der Waals surface area contributed by atoms with Crippen molar-refractivity contribution < 1.29 is 14.8 Å². The van der Waals surface area contributed by atoms with E-state index in [1.54, 1.807) is 0 Å². The molecule has 0 radical (unpaired) electrons. The summed E-state index contributed by atoms with van der Waals surface area (Å²) in [4.78, 5) is 13.6. The largest absolute Gasteiger partial charge is 0.444 e. The van der Waals surface area contributed by atoms with Crippen molar-refractivity contribution in [1.82, 2.24) is 4.90 Å². The number of hydrogen-bond donors (Lipinski definition) is 1. The van der Waals surface area contributed by atoms with E-state index in [0.717, 1.165) is 31.8 Å². The van der Waals surface area contributed by atoms with Crippen LogP contribution >= 0.6 is 0 Å². The maximum absolute atomic E-state index is 11.8. The minimum atomic E-state index is -0.384. The lowest BCUT2D eigenvalue weighted by atomic mass is 9.97. The first-order valence-electron chi connectivity index (χ1n) is 6.18. The highest BCUT2D eigenvalue weighted by Gasteiger charge is 2.26.